The van der Waals surface area contributed by atoms with Gasteiger partial charge in [-0.15, -0.1) is 11.1 Å². The number of hydrogen-bond donors (Lipinski definition) is 0. The van der Waals surface area contributed by atoms with Gasteiger partial charge in [-0.2, -0.15) is 131 Å². The summed E-state index contributed by atoms with van der Waals surface area (Å²) in [4.78, 5) is 0. The molecule has 2 radical (unpaired) electrons. The van der Waals surface area contributed by atoms with Crippen LogP contribution < -0.4 is 0 Å². The molecule has 0 fully saturated rings. The number of aryl methyl sites for hydroxylation is 4. The minimum absolute atomic E-state index is 0. The van der Waals surface area contributed by atoms with E-state index < -0.39 is 0 Å². The van der Waals surface area contributed by atoms with Crippen LogP contribution in [0, 0.1) is 52.0 Å². The zero-order valence-electron chi connectivity index (χ0n) is 20.7. The van der Waals surface area contributed by atoms with E-state index in [4.69, 9.17) is 0 Å². The van der Waals surface area contributed by atoms with Crippen LogP contribution in [0.4, 0.5) is 0 Å². The molecule has 166 valence electrons. The summed E-state index contributed by atoms with van der Waals surface area (Å²) in [6.07, 6.45) is 0. The summed E-state index contributed by atoms with van der Waals surface area (Å²) in [7, 11) is 0. The zero-order chi connectivity index (χ0) is 22.7. The molecule has 0 bridgehead atoms. The Morgan fingerprint density at radius 2 is 0.758 bits per heavy atom. The summed E-state index contributed by atoms with van der Waals surface area (Å²) in [6.45, 7) is 12.8. The van der Waals surface area contributed by atoms with Crippen molar-refractivity contribution < 1.29 is 65.4 Å². The first-order valence-electron chi connectivity index (χ1n) is 10.6. The summed E-state index contributed by atoms with van der Waals surface area (Å²) >= 11 is 0. The maximum atomic E-state index is 3.05. The SMILES string of the molecule is CC(C)(c1cc[c-]cc1)c1cc[c-]cc1.Cc1c[c-]ccc1C.Cc1c[c-]ccc1C.[Y].[Y]. The van der Waals surface area contributed by atoms with Gasteiger partial charge in [-0.25, -0.2) is 0 Å². The van der Waals surface area contributed by atoms with Crippen LogP contribution in [-0.2, 0) is 70.8 Å². The van der Waals surface area contributed by atoms with Gasteiger partial charge in [-0.3, -0.25) is 0 Å². The molecule has 0 aliphatic rings. The molecular weight excluding hydrogens is 550 g/mol. The average molecular weight is 582 g/mol. The van der Waals surface area contributed by atoms with Crippen LogP contribution in [0.5, 0.6) is 0 Å². The van der Waals surface area contributed by atoms with Crippen molar-refractivity contribution in [2.45, 2.75) is 47.0 Å². The Morgan fingerprint density at radius 1 is 0.455 bits per heavy atom. The molecule has 0 amide bonds. The van der Waals surface area contributed by atoms with E-state index in [1.165, 1.54) is 33.4 Å². The fourth-order valence-corrected chi connectivity index (χ4v) is 2.96. The summed E-state index contributed by atoms with van der Waals surface area (Å²) in [5.41, 5.74) is 7.97. The molecule has 4 aromatic carbocycles. The van der Waals surface area contributed by atoms with Crippen molar-refractivity contribution in [1.29, 1.82) is 0 Å². The van der Waals surface area contributed by atoms with E-state index in [2.05, 4.69) is 102 Å². The third kappa shape index (κ3) is 10.9. The predicted molar refractivity (Wildman–Crippen MR) is 132 cm³/mol. The monoisotopic (exact) mass is 582 g/mol. The van der Waals surface area contributed by atoms with Crippen molar-refractivity contribution in [3.05, 3.63) is 143 Å². The van der Waals surface area contributed by atoms with Crippen molar-refractivity contribution >= 4 is 0 Å². The van der Waals surface area contributed by atoms with Crippen molar-refractivity contribution in [1.82, 2.24) is 0 Å². The molecule has 0 heterocycles. The van der Waals surface area contributed by atoms with Crippen LogP contribution >= 0.6 is 0 Å². The fraction of sp³-hybridized carbons (Fsp3) is 0.226. The molecule has 4 rings (SSSR count). The Hall–Kier alpha value is -0.912. The molecule has 0 aromatic heterocycles. The summed E-state index contributed by atoms with van der Waals surface area (Å²) in [5.74, 6) is 0. The van der Waals surface area contributed by atoms with Crippen LogP contribution in [0.25, 0.3) is 0 Å². The molecule has 0 aliphatic heterocycles. The number of rotatable bonds is 2. The molecule has 0 nitrogen and oxygen atoms in total. The largest absolute Gasteiger partial charge is 0.184 e. The summed E-state index contributed by atoms with van der Waals surface area (Å²) < 4.78 is 0. The smallest absolute Gasteiger partial charge is 0 e. The first-order valence-corrected chi connectivity index (χ1v) is 10.6. The van der Waals surface area contributed by atoms with E-state index in [0.717, 1.165) is 0 Å². The molecule has 0 unspecified atom stereocenters. The molecule has 0 atom stereocenters. The van der Waals surface area contributed by atoms with Crippen molar-refractivity contribution in [2.24, 2.45) is 0 Å². The van der Waals surface area contributed by atoms with E-state index in [1.54, 1.807) is 0 Å². The van der Waals surface area contributed by atoms with Gasteiger partial charge in [0, 0.05) is 65.4 Å². The maximum Gasteiger partial charge on any atom is 0 e. The number of benzene rings is 4. The maximum absolute atomic E-state index is 3.05. The van der Waals surface area contributed by atoms with Crippen LogP contribution in [-0.4, -0.2) is 0 Å². The Kier molecular flexibility index (Phi) is 16.2. The van der Waals surface area contributed by atoms with E-state index in [0.29, 0.717) is 0 Å². The van der Waals surface area contributed by atoms with Crippen molar-refractivity contribution in [2.75, 3.05) is 0 Å². The number of hydrogen-bond acceptors (Lipinski definition) is 0. The van der Waals surface area contributed by atoms with Gasteiger partial charge in [0.25, 0.3) is 0 Å². The molecule has 0 spiro atoms. The Balaban J connectivity index is 0.000000489. The van der Waals surface area contributed by atoms with Gasteiger partial charge in [-0.05, 0) is 5.41 Å². The minimum Gasteiger partial charge on any atom is -0.184 e. The Morgan fingerprint density at radius 3 is 1.00 bits per heavy atom. The second-order valence-electron chi connectivity index (χ2n) is 8.22. The third-order valence-electron chi connectivity index (χ3n) is 5.58. The molecule has 0 saturated heterocycles. The molecular formula is C31H32Y2-4. The van der Waals surface area contributed by atoms with Crippen molar-refractivity contribution in [3.8, 4) is 0 Å². The van der Waals surface area contributed by atoms with Crippen LogP contribution in [0.3, 0.4) is 0 Å². The zero-order valence-corrected chi connectivity index (χ0v) is 26.4. The first-order chi connectivity index (χ1) is 14.8. The summed E-state index contributed by atoms with van der Waals surface area (Å²) in [5, 5.41) is 0. The van der Waals surface area contributed by atoms with Gasteiger partial charge < -0.3 is 0 Å². The van der Waals surface area contributed by atoms with Crippen LogP contribution in [0.1, 0.15) is 47.2 Å². The second kappa shape index (κ2) is 16.7. The fourth-order valence-electron chi connectivity index (χ4n) is 2.96. The summed E-state index contributed by atoms with van der Waals surface area (Å²) in [6, 6.07) is 40.4. The molecule has 0 N–H and O–H groups in total. The predicted octanol–water partition coefficient (Wildman–Crippen LogP) is 7.82. The van der Waals surface area contributed by atoms with Crippen molar-refractivity contribution in [3.63, 3.8) is 0 Å². The Bertz CT molecular complexity index is 911. The van der Waals surface area contributed by atoms with Crippen LogP contribution in [0.15, 0.2) is 84.9 Å². The molecule has 2 heteroatoms. The molecule has 0 saturated carbocycles. The molecule has 4 aromatic rings. The Labute approximate surface area is 252 Å². The normalized spacial score (nSPS) is 9.64. The quantitative estimate of drug-likeness (QED) is 0.212. The standard InChI is InChI=1S/C15H14.2C8H9.2Y/c1-15(2,13-9-5-3-6-10-13)14-11-7-4-8-12-14;2*1-7-5-3-4-6-8(7)2;;/h5-12H,1-2H3;2*3,5-6H,1-2H3;;/q-2;2*-1;;. The molecule has 0 aliphatic carbocycles. The van der Waals surface area contributed by atoms with Gasteiger partial charge >= 0.3 is 0 Å². The minimum atomic E-state index is 0. The van der Waals surface area contributed by atoms with Gasteiger partial charge in [0.15, 0.2) is 0 Å². The van der Waals surface area contributed by atoms with E-state index in [-0.39, 0.29) is 70.8 Å². The first kappa shape index (κ1) is 32.1. The van der Waals surface area contributed by atoms with Gasteiger partial charge in [0.1, 0.15) is 0 Å². The van der Waals surface area contributed by atoms with E-state index in [9.17, 15) is 0 Å². The average Bonchev–Trinajstić information content (AvgIpc) is 2.80. The van der Waals surface area contributed by atoms with Gasteiger partial charge in [0.2, 0.25) is 0 Å². The van der Waals surface area contributed by atoms with Gasteiger partial charge in [0.05, 0.1) is 0 Å². The molecule has 33 heavy (non-hydrogen) atoms. The van der Waals surface area contributed by atoms with E-state index >= 15 is 0 Å². The van der Waals surface area contributed by atoms with Gasteiger partial charge in [-0.1, -0.05) is 41.5 Å². The topological polar surface area (TPSA) is 0 Å². The van der Waals surface area contributed by atoms with E-state index in [1.807, 2.05) is 48.5 Å². The van der Waals surface area contributed by atoms with Crippen LogP contribution in [0.2, 0.25) is 0 Å². The third-order valence-corrected chi connectivity index (χ3v) is 5.58. The second-order valence-corrected chi connectivity index (χ2v) is 8.22.